The Bertz CT molecular complexity index is 530. The Morgan fingerprint density at radius 1 is 1.33 bits per heavy atom. The lowest BCUT2D eigenvalue weighted by atomic mass is 10.2. The standard InChI is InChI=1S/C15H17Cl2NO3/c1-2-21-15(20)4-3-9-18-14(19)8-6-11-5-7-12(16)10-13(11)17/h5-8,10H,2-4,9H2,1H3,(H,18,19). The van der Waals surface area contributed by atoms with Gasteiger partial charge in [-0.3, -0.25) is 9.59 Å². The molecule has 0 bridgehead atoms. The van der Waals surface area contributed by atoms with Gasteiger partial charge in [0.1, 0.15) is 0 Å². The monoisotopic (exact) mass is 329 g/mol. The van der Waals surface area contributed by atoms with Gasteiger partial charge >= 0.3 is 5.97 Å². The largest absolute Gasteiger partial charge is 0.466 e. The quantitative estimate of drug-likeness (QED) is 0.473. The lowest BCUT2D eigenvalue weighted by molar-refractivity contribution is -0.143. The minimum absolute atomic E-state index is 0.245. The molecule has 0 fully saturated rings. The summed E-state index contributed by atoms with van der Waals surface area (Å²) < 4.78 is 4.79. The zero-order valence-electron chi connectivity index (χ0n) is 11.7. The Labute approximate surface area is 134 Å². The van der Waals surface area contributed by atoms with E-state index in [1.807, 2.05) is 0 Å². The van der Waals surface area contributed by atoms with E-state index in [2.05, 4.69) is 5.32 Å². The van der Waals surface area contributed by atoms with Crippen molar-refractivity contribution in [3.63, 3.8) is 0 Å². The van der Waals surface area contributed by atoms with Crippen molar-refractivity contribution in [1.82, 2.24) is 5.32 Å². The zero-order chi connectivity index (χ0) is 15.7. The summed E-state index contributed by atoms with van der Waals surface area (Å²) in [6, 6.07) is 5.04. The molecule has 0 spiro atoms. The Hall–Kier alpha value is -1.52. The van der Waals surface area contributed by atoms with Crippen LogP contribution < -0.4 is 5.32 Å². The molecule has 0 aromatic heterocycles. The second kappa shape index (κ2) is 9.42. The average molecular weight is 330 g/mol. The Kier molecular flexibility index (Phi) is 7.87. The molecule has 0 aliphatic rings. The first kappa shape index (κ1) is 17.5. The highest BCUT2D eigenvalue weighted by Gasteiger charge is 2.02. The van der Waals surface area contributed by atoms with Crippen molar-refractivity contribution in [2.75, 3.05) is 13.2 Å². The van der Waals surface area contributed by atoms with Crippen molar-refractivity contribution in [3.05, 3.63) is 39.9 Å². The van der Waals surface area contributed by atoms with E-state index in [9.17, 15) is 9.59 Å². The number of esters is 1. The summed E-state index contributed by atoms with van der Waals surface area (Å²) >= 11 is 11.8. The first-order valence-corrected chi connectivity index (χ1v) is 7.35. The molecule has 1 aromatic rings. The molecule has 1 aromatic carbocycles. The van der Waals surface area contributed by atoms with Gasteiger partial charge in [-0.1, -0.05) is 29.3 Å². The molecule has 1 rings (SSSR count). The molecule has 0 heterocycles. The van der Waals surface area contributed by atoms with E-state index in [-0.39, 0.29) is 11.9 Å². The van der Waals surface area contributed by atoms with Crippen LogP contribution >= 0.6 is 23.2 Å². The number of benzene rings is 1. The van der Waals surface area contributed by atoms with Crippen LogP contribution in [0, 0.1) is 0 Å². The predicted octanol–water partition coefficient (Wildman–Crippen LogP) is 3.47. The van der Waals surface area contributed by atoms with Gasteiger partial charge in [-0.05, 0) is 37.1 Å². The van der Waals surface area contributed by atoms with Gasteiger partial charge in [0.05, 0.1) is 6.61 Å². The molecule has 0 atom stereocenters. The maximum absolute atomic E-state index is 11.6. The predicted molar refractivity (Wildman–Crippen MR) is 84.4 cm³/mol. The average Bonchev–Trinajstić information content (AvgIpc) is 2.43. The molecule has 0 aliphatic heterocycles. The van der Waals surface area contributed by atoms with Crippen LogP contribution in [0.2, 0.25) is 10.0 Å². The topological polar surface area (TPSA) is 55.4 Å². The SMILES string of the molecule is CCOC(=O)CCCNC(=O)C=Cc1ccc(Cl)cc1Cl. The summed E-state index contributed by atoms with van der Waals surface area (Å²) in [6.45, 7) is 2.54. The number of carbonyl (C=O) groups excluding carboxylic acids is 2. The summed E-state index contributed by atoms with van der Waals surface area (Å²) in [5.41, 5.74) is 0.711. The molecule has 1 N–H and O–H groups in total. The van der Waals surface area contributed by atoms with Crippen molar-refractivity contribution in [1.29, 1.82) is 0 Å². The highest BCUT2D eigenvalue weighted by atomic mass is 35.5. The number of amides is 1. The molecule has 114 valence electrons. The molecule has 1 amide bonds. The van der Waals surface area contributed by atoms with Crippen molar-refractivity contribution >= 4 is 41.2 Å². The number of nitrogens with one attached hydrogen (secondary N) is 1. The van der Waals surface area contributed by atoms with E-state index in [0.717, 1.165) is 0 Å². The molecule has 0 saturated carbocycles. The van der Waals surface area contributed by atoms with E-state index in [4.69, 9.17) is 27.9 Å². The number of rotatable bonds is 7. The first-order valence-electron chi connectivity index (χ1n) is 6.59. The smallest absolute Gasteiger partial charge is 0.305 e. The van der Waals surface area contributed by atoms with E-state index >= 15 is 0 Å². The van der Waals surface area contributed by atoms with Crippen molar-refractivity contribution in [2.24, 2.45) is 0 Å². The summed E-state index contributed by atoms with van der Waals surface area (Å²) in [5.74, 6) is -0.500. The van der Waals surface area contributed by atoms with Crippen LogP contribution in [0.3, 0.4) is 0 Å². The number of ether oxygens (including phenoxy) is 1. The number of carbonyl (C=O) groups is 2. The molecule has 4 nitrogen and oxygen atoms in total. The summed E-state index contributed by atoms with van der Waals surface area (Å²) in [6.07, 6.45) is 3.83. The Balaban J connectivity index is 2.33. The maximum atomic E-state index is 11.6. The van der Waals surface area contributed by atoms with E-state index in [0.29, 0.717) is 41.6 Å². The third-order valence-corrected chi connectivity index (χ3v) is 3.10. The highest BCUT2D eigenvalue weighted by Crippen LogP contribution is 2.21. The van der Waals surface area contributed by atoms with Gasteiger partial charge in [-0.25, -0.2) is 0 Å². The molecule has 0 saturated heterocycles. The lowest BCUT2D eigenvalue weighted by Gasteiger charge is -2.03. The van der Waals surface area contributed by atoms with Gasteiger partial charge in [0.25, 0.3) is 0 Å². The van der Waals surface area contributed by atoms with Crippen LogP contribution in [0.15, 0.2) is 24.3 Å². The van der Waals surface area contributed by atoms with Gasteiger partial charge in [-0.15, -0.1) is 0 Å². The highest BCUT2D eigenvalue weighted by molar-refractivity contribution is 6.35. The number of hydrogen-bond acceptors (Lipinski definition) is 3. The molecule has 0 radical (unpaired) electrons. The molecular weight excluding hydrogens is 313 g/mol. The third-order valence-electron chi connectivity index (χ3n) is 2.54. The minimum atomic E-state index is -0.254. The van der Waals surface area contributed by atoms with Crippen LogP contribution in [0.1, 0.15) is 25.3 Å². The maximum Gasteiger partial charge on any atom is 0.305 e. The van der Waals surface area contributed by atoms with Gasteiger partial charge in [0, 0.05) is 29.1 Å². The summed E-state index contributed by atoms with van der Waals surface area (Å²) in [5, 5.41) is 3.70. The normalized spacial score (nSPS) is 10.6. The Morgan fingerprint density at radius 2 is 2.10 bits per heavy atom. The zero-order valence-corrected chi connectivity index (χ0v) is 13.2. The summed E-state index contributed by atoms with van der Waals surface area (Å²) in [7, 11) is 0. The van der Waals surface area contributed by atoms with E-state index in [1.165, 1.54) is 6.08 Å². The third kappa shape index (κ3) is 7.16. The molecule has 0 aliphatic carbocycles. The summed E-state index contributed by atoms with van der Waals surface area (Å²) in [4.78, 5) is 22.7. The molecule has 0 unspecified atom stereocenters. The second-order valence-electron chi connectivity index (χ2n) is 4.20. The van der Waals surface area contributed by atoms with Gasteiger partial charge in [-0.2, -0.15) is 0 Å². The van der Waals surface area contributed by atoms with Crippen LogP contribution in [0.25, 0.3) is 6.08 Å². The number of halogens is 2. The van der Waals surface area contributed by atoms with Crippen molar-refractivity contribution < 1.29 is 14.3 Å². The van der Waals surface area contributed by atoms with Gasteiger partial charge in [0.2, 0.25) is 5.91 Å². The first-order chi connectivity index (χ1) is 10.0. The van der Waals surface area contributed by atoms with Crippen LogP contribution in [0.5, 0.6) is 0 Å². The second-order valence-corrected chi connectivity index (χ2v) is 5.04. The minimum Gasteiger partial charge on any atom is -0.466 e. The fourth-order valence-electron chi connectivity index (χ4n) is 1.54. The fourth-order valence-corrected chi connectivity index (χ4v) is 2.01. The Morgan fingerprint density at radius 3 is 2.76 bits per heavy atom. The van der Waals surface area contributed by atoms with Crippen LogP contribution in [-0.4, -0.2) is 25.0 Å². The lowest BCUT2D eigenvalue weighted by Crippen LogP contribution is -2.22. The molecule has 6 heteroatoms. The van der Waals surface area contributed by atoms with Crippen molar-refractivity contribution in [2.45, 2.75) is 19.8 Å². The van der Waals surface area contributed by atoms with Crippen LogP contribution in [-0.2, 0) is 14.3 Å². The molecular formula is C15H17Cl2NO3. The van der Waals surface area contributed by atoms with Gasteiger partial charge in [0.15, 0.2) is 0 Å². The van der Waals surface area contributed by atoms with E-state index < -0.39 is 0 Å². The van der Waals surface area contributed by atoms with Crippen molar-refractivity contribution in [3.8, 4) is 0 Å². The molecule has 21 heavy (non-hydrogen) atoms. The van der Waals surface area contributed by atoms with E-state index in [1.54, 1.807) is 31.2 Å². The fraction of sp³-hybridized carbons (Fsp3) is 0.333. The number of hydrogen-bond donors (Lipinski definition) is 1. The van der Waals surface area contributed by atoms with Gasteiger partial charge < -0.3 is 10.1 Å². The van der Waals surface area contributed by atoms with Crippen LogP contribution in [0.4, 0.5) is 0 Å².